The van der Waals surface area contributed by atoms with E-state index in [0.717, 1.165) is 46.5 Å². The summed E-state index contributed by atoms with van der Waals surface area (Å²) in [5.74, 6) is 1.37. The van der Waals surface area contributed by atoms with Gasteiger partial charge in [0.05, 0.1) is 27.8 Å². The number of ether oxygens (including phenoxy) is 2. The molecule has 6 heteroatoms. The van der Waals surface area contributed by atoms with Crippen molar-refractivity contribution in [3.63, 3.8) is 0 Å². The quantitative estimate of drug-likeness (QED) is 0.660. The van der Waals surface area contributed by atoms with Gasteiger partial charge < -0.3 is 14.8 Å². The molecular formula is C25H25N3O3. The van der Waals surface area contributed by atoms with Gasteiger partial charge in [-0.3, -0.25) is 4.79 Å². The third kappa shape index (κ3) is 2.15. The monoisotopic (exact) mass is 415 g/mol. The van der Waals surface area contributed by atoms with Crippen LogP contribution in [0.3, 0.4) is 0 Å². The molecule has 3 aliphatic rings. The molecule has 3 aromatic rings. The summed E-state index contributed by atoms with van der Waals surface area (Å²) in [6.45, 7) is 8.85. The molecule has 2 bridgehead atoms. The van der Waals surface area contributed by atoms with Gasteiger partial charge in [-0.1, -0.05) is 38.5 Å². The topological polar surface area (TPSA) is 73.3 Å². The number of hydrogen-bond donors (Lipinski definition) is 1. The number of benzene rings is 2. The summed E-state index contributed by atoms with van der Waals surface area (Å²) in [5, 5.41) is 3.18. The van der Waals surface area contributed by atoms with Gasteiger partial charge in [-0.2, -0.15) is 0 Å². The van der Waals surface area contributed by atoms with Crippen molar-refractivity contribution in [2.24, 2.45) is 5.41 Å². The first-order chi connectivity index (χ1) is 14.8. The minimum absolute atomic E-state index is 0.00165. The van der Waals surface area contributed by atoms with Crippen LogP contribution in [-0.2, 0) is 15.6 Å². The van der Waals surface area contributed by atoms with Crippen LogP contribution in [0.15, 0.2) is 36.4 Å². The van der Waals surface area contributed by atoms with Gasteiger partial charge in [-0.05, 0) is 37.3 Å². The summed E-state index contributed by atoms with van der Waals surface area (Å²) in [6.07, 6.45) is 1.66. The molecule has 1 saturated carbocycles. The van der Waals surface area contributed by atoms with Gasteiger partial charge in [0.1, 0.15) is 0 Å². The van der Waals surface area contributed by atoms with Crippen LogP contribution >= 0.6 is 0 Å². The van der Waals surface area contributed by atoms with Crippen molar-refractivity contribution in [1.82, 2.24) is 9.97 Å². The second-order valence-electron chi connectivity index (χ2n) is 9.80. The Kier molecular flexibility index (Phi) is 3.45. The first kappa shape index (κ1) is 18.6. The minimum atomic E-state index is -0.737. The average Bonchev–Trinajstić information content (AvgIpc) is 3.31. The molecule has 0 radical (unpaired) electrons. The van der Waals surface area contributed by atoms with Crippen molar-refractivity contribution in [2.45, 2.75) is 51.4 Å². The number of nitrogens with zero attached hydrogens (tertiary/aromatic N) is 2. The van der Waals surface area contributed by atoms with E-state index in [1.165, 1.54) is 0 Å². The Morgan fingerprint density at radius 1 is 0.935 bits per heavy atom. The van der Waals surface area contributed by atoms with Crippen LogP contribution in [0.25, 0.3) is 11.0 Å². The molecule has 6 nitrogen and oxygen atoms in total. The molecule has 1 N–H and O–H groups in total. The molecule has 2 atom stereocenters. The van der Waals surface area contributed by atoms with Crippen molar-refractivity contribution in [1.29, 1.82) is 0 Å². The Hall–Kier alpha value is -3.15. The van der Waals surface area contributed by atoms with E-state index in [0.29, 0.717) is 11.5 Å². The number of nitrogens with one attached hydrogen (secondary N) is 1. The lowest BCUT2D eigenvalue weighted by Gasteiger charge is -2.39. The maximum absolute atomic E-state index is 13.9. The van der Waals surface area contributed by atoms with Gasteiger partial charge in [-0.25, -0.2) is 9.97 Å². The second-order valence-corrected chi connectivity index (χ2v) is 9.80. The molecule has 158 valence electrons. The molecule has 6 rings (SSSR count). The SMILES string of the molecule is Cc1ccc(NC(=O)C23CCC(C)(c4nc5cc6c(cc5nc42)OCO6)C3(C)C)cc1. The number of carbonyl (C=O) groups is 1. The summed E-state index contributed by atoms with van der Waals surface area (Å²) < 4.78 is 11.1. The highest BCUT2D eigenvalue weighted by Gasteiger charge is 2.73. The number of aryl methyl sites for hydroxylation is 1. The predicted octanol–water partition coefficient (Wildman–Crippen LogP) is 4.63. The summed E-state index contributed by atoms with van der Waals surface area (Å²) >= 11 is 0. The number of amides is 1. The largest absolute Gasteiger partial charge is 0.454 e. The van der Waals surface area contributed by atoms with Gasteiger partial charge in [0, 0.05) is 23.2 Å². The lowest BCUT2D eigenvalue weighted by molar-refractivity contribution is -0.125. The molecule has 2 heterocycles. The fourth-order valence-electron chi connectivity index (χ4n) is 5.87. The molecule has 2 unspecified atom stereocenters. The molecule has 2 aromatic carbocycles. The number of carbonyl (C=O) groups excluding carboxylic acids is 1. The van der Waals surface area contributed by atoms with E-state index in [1.807, 2.05) is 43.3 Å². The Bertz CT molecular complexity index is 1270. The normalized spacial score (nSPS) is 26.8. The zero-order valence-corrected chi connectivity index (χ0v) is 18.2. The van der Waals surface area contributed by atoms with E-state index in [1.54, 1.807) is 0 Å². The first-order valence-electron chi connectivity index (χ1n) is 10.8. The molecule has 0 spiro atoms. The highest BCUT2D eigenvalue weighted by Crippen LogP contribution is 2.70. The van der Waals surface area contributed by atoms with Crippen LogP contribution in [0, 0.1) is 12.3 Å². The summed E-state index contributed by atoms with van der Waals surface area (Å²) in [5.41, 5.74) is 3.93. The molecule has 0 saturated heterocycles. The van der Waals surface area contributed by atoms with Crippen LogP contribution in [0.4, 0.5) is 5.69 Å². The standard InChI is InChI=1S/C25H25N3O3/c1-14-5-7-15(8-6-14)26-22(29)25-10-9-24(4,23(25,2)3)20-21(25)28-17-12-19-18(30-13-31-19)11-16(17)27-20/h5-8,11-12H,9-10,13H2,1-4H3,(H,26,29). The van der Waals surface area contributed by atoms with Crippen molar-refractivity contribution >= 4 is 22.6 Å². The van der Waals surface area contributed by atoms with E-state index >= 15 is 0 Å². The number of anilines is 1. The van der Waals surface area contributed by atoms with Crippen LogP contribution in [0.2, 0.25) is 0 Å². The lowest BCUT2D eigenvalue weighted by Crippen LogP contribution is -2.48. The van der Waals surface area contributed by atoms with Crippen LogP contribution in [-0.4, -0.2) is 22.7 Å². The highest BCUT2D eigenvalue weighted by molar-refractivity contribution is 6.02. The van der Waals surface area contributed by atoms with Crippen molar-refractivity contribution < 1.29 is 14.3 Å². The predicted molar refractivity (Wildman–Crippen MR) is 118 cm³/mol. The zero-order valence-electron chi connectivity index (χ0n) is 18.2. The van der Waals surface area contributed by atoms with E-state index in [-0.39, 0.29) is 23.5 Å². The number of rotatable bonds is 2. The third-order valence-electron chi connectivity index (χ3n) is 8.23. The molecule has 1 aliphatic heterocycles. The molecule has 1 fully saturated rings. The van der Waals surface area contributed by atoms with Gasteiger partial charge in [0.15, 0.2) is 11.5 Å². The van der Waals surface area contributed by atoms with Crippen molar-refractivity contribution in [3.05, 3.63) is 53.3 Å². The Labute approximate surface area is 181 Å². The van der Waals surface area contributed by atoms with Gasteiger partial charge >= 0.3 is 0 Å². The number of hydrogen-bond acceptors (Lipinski definition) is 5. The van der Waals surface area contributed by atoms with Crippen molar-refractivity contribution in [2.75, 3.05) is 12.1 Å². The van der Waals surface area contributed by atoms with Gasteiger partial charge in [-0.15, -0.1) is 0 Å². The van der Waals surface area contributed by atoms with Gasteiger partial charge in [0.2, 0.25) is 12.7 Å². The number of aromatic nitrogens is 2. The van der Waals surface area contributed by atoms with Gasteiger partial charge in [0.25, 0.3) is 0 Å². The average molecular weight is 415 g/mol. The fraction of sp³-hybridized carbons (Fsp3) is 0.400. The smallest absolute Gasteiger partial charge is 0.237 e. The highest BCUT2D eigenvalue weighted by atomic mass is 16.7. The summed E-state index contributed by atoms with van der Waals surface area (Å²) in [4.78, 5) is 24.0. The van der Waals surface area contributed by atoms with Crippen LogP contribution < -0.4 is 14.8 Å². The second kappa shape index (κ2) is 5.75. The summed E-state index contributed by atoms with van der Waals surface area (Å²) in [7, 11) is 0. The third-order valence-corrected chi connectivity index (χ3v) is 8.23. The van der Waals surface area contributed by atoms with E-state index in [9.17, 15) is 4.79 Å². The maximum Gasteiger partial charge on any atom is 0.237 e. The molecular weight excluding hydrogens is 390 g/mol. The molecule has 1 aromatic heterocycles. The Morgan fingerprint density at radius 2 is 1.55 bits per heavy atom. The molecule has 2 aliphatic carbocycles. The molecule has 1 amide bonds. The Balaban J connectivity index is 1.53. The minimum Gasteiger partial charge on any atom is -0.454 e. The van der Waals surface area contributed by atoms with Crippen LogP contribution in [0.1, 0.15) is 50.6 Å². The first-order valence-corrected chi connectivity index (χ1v) is 10.8. The lowest BCUT2D eigenvalue weighted by atomic mass is 9.63. The van der Waals surface area contributed by atoms with Crippen molar-refractivity contribution in [3.8, 4) is 11.5 Å². The zero-order chi connectivity index (χ0) is 21.6. The van der Waals surface area contributed by atoms with E-state index in [4.69, 9.17) is 19.4 Å². The number of fused-ring (bicyclic) bond motifs is 7. The fourth-order valence-corrected chi connectivity index (χ4v) is 5.87. The Morgan fingerprint density at radius 3 is 2.19 bits per heavy atom. The summed E-state index contributed by atoms with van der Waals surface area (Å²) in [6, 6.07) is 11.7. The van der Waals surface area contributed by atoms with E-state index < -0.39 is 5.41 Å². The maximum atomic E-state index is 13.9. The molecule has 31 heavy (non-hydrogen) atoms. The van der Waals surface area contributed by atoms with E-state index in [2.05, 4.69) is 26.1 Å². The van der Waals surface area contributed by atoms with Crippen LogP contribution in [0.5, 0.6) is 11.5 Å².